The maximum Gasteiger partial charge on any atom is 0.511 e. The first-order valence-corrected chi connectivity index (χ1v) is 6.33. The fraction of sp³-hybridized carbons (Fsp3) is 0.909. The van der Waals surface area contributed by atoms with Gasteiger partial charge < -0.3 is 19.8 Å². The van der Waals surface area contributed by atoms with Crippen molar-refractivity contribution in [2.45, 2.75) is 46.5 Å². The Morgan fingerprint density at radius 3 is 2.50 bits per heavy atom. The standard InChI is InChI=1S/C11H24N3O6/c1-6-13(7-8-15)14(17)12-20-9(2)18-10(16)19-11(3,4)5/h9,12,15H,6-8H2,1-5H3/q-1. The van der Waals surface area contributed by atoms with E-state index in [4.69, 9.17) is 19.4 Å². The van der Waals surface area contributed by atoms with Crippen molar-refractivity contribution in [2.24, 2.45) is 0 Å². The van der Waals surface area contributed by atoms with Crippen LogP contribution in [-0.2, 0) is 14.3 Å². The number of likely N-dealkylation sites (N-methyl/N-ethyl adjacent to an activating group) is 1. The first kappa shape index (κ1) is 19.0. The molecule has 0 saturated carbocycles. The van der Waals surface area contributed by atoms with Gasteiger partial charge in [0, 0.05) is 20.0 Å². The third-order valence-electron chi connectivity index (χ3n) is 1.93. The molecule has 20 heavy (non-hydrogen) atoms. The van der Waals surface area contributed by atoms with E-state index >= 15 is 0 Å². The Hall–Kier alpha value is -0.970. The van der Waals surface area contributed by atoms with E-state index in [9.17, 15) is 10.0 Å². The van der Waals surface area contributed by atoms with Gasteiger partial charge in [0.25, 0.3) is 0 Å². The molecule has 0 aliphatic carbocycles. The molecular formula is C11H24N3O6-. The molecule has 0 aromatic carbocycles. The minimum atomic E-state index is -1.02. The van der Waals surface area contributed by atoms with Gasteiger partial charge in [0.1, 0.15) is 5.60 Å². The van der Waals surface area contributed by atoms with Gasteiger partial charge in [-0.15, -0.1) is 5.59 Å². The van der Waals surface area contributed by atoms with Gasteiger partial charge in [0.15, 0.2) is 0 Å². The van der Waals surface area contributed by atoms with Crippen LogP contribution in [0.15, 0.2) is 0 Å². The minimum Gasteiger partial charge on any atom is -0.756 e. The molecule has 0 bridgehead atoms. The van der Waals surface area contributed by atoms with Crippen molar-refractivity contribution in [1.29, 1.82) is 0 Å². The van der Waals surface area contributed by atoms with Gasteiger partial charge in [-0.3, -0.25) is 0 Å². The van der Waals surface area contributed by atoms with Crippen molar-refractivity contribution in [1.82, 2.24) is 15.9 Å². The lowest BCUT2D eigenvalue weighted by Crippen LogP contribution is -2.49. The van der Waals surface area contributed by atoms with Crippen LogP contribution in [0.25, 0.3) is 0 Å². The molecule has 0 fully saturated rings. The van der Waals surface area contributed by atoms with Crippen molar-refractivity contribution in [3.8, 4) is 0 Å². The van der Waals surface area contributed by atoms with Gasteiger partial charge >= 0.3 is 6.16 Å². The third kappa shape index (κ3) is 9.02. The van der Waals surface area contributed by atoms with Gasteiger partial charge in [-0.05, 0) is 20.8 Å². The van der Waals surface area contributed by atoms with Crippen LogP contribution in [0, 0.1) is 5.21 Å². The van der Waals surface area contributed by atoms with E-state index in [1.807, 2.05) is 5.59 Å². The number of hydrazine groups is 2. The Balaban J connectivity index is 4.03. The van der Waals surface area contributed by atoms with Gasteiger partial charge in [0.05, 0.1) is 6.61 Å². The van der Waals surface area contributed by atoms with E-state index in [0.29, 0.717) is 11.8 Å². The maximum absolute atomic E-state index is 11.5. The monoisotopic (exact) mass is 294 g/mol. The zero-order chi connectivity index (χ0) is 15.8. The molecule has 0 aliphatic heterocycles. The molecule has 9 nitrogen and oxygen atoms in total. The zero-order valence-corrected chi connectivity index (χ0v) is 12.6. The largest absolute Gasteiger partial charge is 0.756 e. The molecule has 0 rings (SSSR count). The number of rotatable bonds is 8. The number of aliphatic hydroxyl groups is 1. The van der Waals surface area contributed by atoms with E-state index < -0.39 is 18.0 Å². The Labute approximate surface area is 118 Å². The lowest BCUT2D eigenvalue weighted by Gasteiger charge is -2.38. The van der Waals surface area contributed by atoms with Gasteiger partial charge in [-0.2, -0.15) is 0 Å². The molecule has 0 aliphatic rings. The summed E-state index contributed by atoms with van der Waals surface area (Å²) in [5, 5.41) is 21.8. The number of ether oxygens (including phenoxy) is 2. The summed E-state index contributed by atoms with van der Waals surface area (Å²) in [7, 11) is 0. The summed E-state index contributed by atoms with van der Waals surface area (Å²) in [5.74, 6) is 0. The highest BCUT2D eigenvalue weighted by Crippen LogP contribution is 2.09. The summed E-state index contributed by atoms with van der Waals surface area (Å²) in [6.45, 7) is 8.62. The number of aliphatic hydroxyl groups excluding tert-OH is 1. The topological polar surface area (TPSA) is 107 Å². The molecular weight excluding hydrogens is 270 g/mol. The van der Waals surface area contributed by atoms with Crippen LogP contribution in [0.1, 0.15) is 34.6 Å². The summed E-state index contributed by atoms with van der Waals surface area (Å²) in [6, 6.07) is 0. The number of hydrogen-bond acceptors (Lipinski definition) is 9. The third-order valence-corrected chi connectivity index (χ3v) is 1.93. The Morgan fingerprint density at radius 1 is 1.45 bits per heavy atom. The highest BCUT2D eigenvalue weighted by molar-refractivity contribution is 5.60. The molecule has 0 heterocycles. The van der Waals surface area contributed by atoms with Crippen LogP contribution in [-0.4, -0.2) is 53.1 Å². The van der Waals surface area contributed by atoms with Crippen LogP contribution < -0.4 is 5.59 Å². The normalized spacial score (nSPS) is 13.7. The van der Waals surface area contributed by atoms with Gasteiger partial charge in [0.2, 0.25) is 6.29 Å². The predicted octanol–water partition coefficient (Wildman–Crippen LogP) is 0.749. The highest BCUT2D eigenvalue weighted by Gasteiger charge is 2.20. The lowest BCUT2D eigenvalue weighted by atomic mass is 10.2. The summed E-state index contributed by atoms with van der Waals surface area (Å²) in [5.41, 5.74) is 1.37. The van der Waals surface area contributed by atoms with E-state index in [-0.39, 0.29) is 13.2 Å². The highest BCUT2D eigenvalue weighted by atomic mass is 16.9. The van der Waals surface area contributed by atoms with Crippen LogP contribution in [0.4, 0.5) is 4.79 Å². The maximum atomic E-state index is 11.5. The smallest absolute Gasteiger partial charge is 0.511 e. The number of nitrogens with one attached hydrogen (secondary N) is 1. The van der Waals surface area contributed by atoms with Crippen molar-refractivity contribution in [2.75, 3.05) is 19.7 Å². The second-order valence-corrected chi connectivity index (χ2v) is 4.90. The average molecular weight is 294 g/mol. The zero-order valence-electron chi connectivity index (χ0n) is 12.6. The van der Waals surface area contributed by atoms with Crippen LogP contribution >= 0.6 is 0 Å². The van der Waals surface area contributed by atoms with Crippen LogP contribution in [0.2, 0.25) is 0 Å². The molecule has 0 amide bonds. The van der Waals surface area contributed by atoms with Crippen LogP contribution in [0.3, 0.4) is 0 Å². The molecule has 120 valence electrons. The summed E-state index contributed by atoms with van der Waals surface area (Å²) < 4.78 is 9.69. The number of hydrogen-bond donors (Lipinski definition) is 2. The van der Waals surface area contributed by atoms with E-state index in [0.717, 1.165) is 0 Å². The summed E-state index contributed by atoms with van der Waals surface area (Å²) in [4.78, 5) is 16.2. The Bertz CT molecular complexity index is 284. The predicted molar refractivity (Wildman–Crippen MR) is 70.5 cm³/mol. The molecule has 9 heteroatoms. The SMILES string of the molecule is CCN(CCO)N([O-])NOC(C)OC(=O)OC(C)(C)C. The quantitative estimate of drug-likeness (QED) is 0.381. The van der Waals surface area contributed by atoms with E-state index in [1.54, 1.807) is 27.7 Å². The van der Waals surface area contributed by atoms with Gasteiger partial charge in [-0.25, -0.2) is 19.9 Å². The van der Waals surface area contributed by atoms with E-state index in [2.05, 4.69) is 0 Å². The molecule has 0 aromatic heterocycles. The number of carbonyl (C=O) groups is 1. The molecule has 1 unspecified atom stereocenters. The first-order valence-electron chi connectivity index (χ1n) is 6.33. The molecule has 0 saturated heterocycles. The molecule has 2 N–H and O–H groups in total. The van der Waals surface area contributed by atoms with Crippen molar-refractivity contribution in [3.05, 3.63) is 5.21 Å². The van der Waals surface area contributed by atoms with Gasteiger partial charge in [-0.1, -0.05) is 6.92 Å². The molecule has 0 aromatic rings. The van der Waals surface area contributed by atoms with Crippen molar-refractivity contribution >= 4 is 6.16 Å². The molecule has 0 spiro atoms. The summed E-state index contributed by atoms with van der Waals surface area (Å²) >= 11 is 0. The van der Waals surface area contributed by atoms with Crippen LogP contribution in [0.5, 0.6) is 0 Å². The second-order valence-electron chi connectivity index (χ2n) is 4.90. The van der Waals surface area contributed by atoms with E-state index in [1.165, 1.54) is 11.9 Å². The van der Waals surface area contributed by atoms with Crippen molar-refractivity contribution < 1.29 is 24.2 Å². The van der Waals surface area contributed by atoms with Crippen molar-refractivity contribution in [3.63, 3.8) is 0 Å². The lowest BCUT2D eigenvalue weighted by molar-refractivity contribution is -0.234. The second kappa shape index (κ2) is 9.06. The fourth-order valence-corrected chi connectivity index (χ4v) is 1.10. The molecule has 0 radical (unpaired) electrons. The summed E-state index contributed by atoms with van der Waals surface area (Å²) in [6.07, 6.45) is -1.92. The molecule has 1 atom stereocenters. The number of carbonyl (C=O) groups excluding carboxylic acids is 1. The Kier molecular flexibility index (Phi) is 8.62. The number of nitrogens with zero attached hydrogens (tertiary/aromatic N) is 2. The fourth-order valence-electron chi connectivity index (χ4n) is 1.10. The first-order chi connectivity index (χ1) is 9.19. The minimum absolute atomic E-state index is 0.150. The Morgan fingerprint density at radius 2 is 2.05 bits per heavy atom. The average Bonchev–Trinajstić information content (AvgIpc) is 2.30.